The number of benzene rings is 1. The first-order chi connectivity index (χ1) is 7.98. The van der Waals surface area contributed by atoms with Gasteiger partial charge in [-0.05, 0) is 30.7 Å². The topological polar surface area (TPSA) is 57.6 Å². The second kappa shape index (κ2) is 6.39. The SMILES string of the molecule is CN(C)S(=O)(=O)c1ccc(SCCCO)cc1. The first-order valence-electron chi connectivity index (χ1n) is 5.24. The number of hydrogen-bond acceptors (Lipinski definition) is 4. The van der Waals surface area contributed by atoms with E-state index < -0.39 is 10.0 Å². The molecule has 0 fully saturated rings. The Bertz CT molecular complexity index is 440. The highest BCUT2D eigenvalue weighted by Crippen LogP contribution is 2.21. The van der Waals surface area contributed by atoms with Gasteiger partial charge in [-0.3, -0.25) is 0 Å². The molecule has 1 N–H and O–H groups in total. The van der Waals surface area contributed by atoms with E-state index in [1.54, 1.807) is 36.0 Å². The van der Waals surface area contributed by atoms with Gasteiger partial charge in [0.2, 0.25) is 10.0 Å². The Morgan fingerprint density at radius 2 is 1.82 bits per heavy atom. The summed E-state index contributed by atoms with van der Waals surface area (Å²) in [6, 6.07) is 6.80. The van der Waals surface area contributed by atoms with Crippen LogP contribution in [0.2, 0.25) is 0 Å². The van der Waals surface area contributed by atoms with E-state index in [-0.39, 0.29) is 6.61 Å². The van der Waals surface area contributed by atoms with E-state index in [1.165, 1.54) is 18.4 Å². The van der Waals surface area contributed by atoms with Gasteiger partial charge in [-0.15, -0.1) is 11.8 Å². The standard InChI is InChI=1S/C11H17NO3S2/c1-12(2)17(14,15)11-6-4-10(5-7-11)16-9-3-8-13/h4-7,13H,3,8-9H2,1-2H3. The fourth-order valence-corrected chi connectivity index (χ4v) is 2.91. The van der Waals surface area contributed by atoms with Gasteiger partial charge in [-0.1, -0.05) is 0 Å². The predicted octanol–water partition coefficient (Wildman–Crippen LogP) is 1.41. The van der Waals surface area contributed by atoms with Gasteiger partial charge < -0.3 is 5.11 Å². The van der Waals surface area contributed by atoms with E-state index in [1.807, 2.05) is 0 Å². The molecule has 96 valence electrons. The zero-order chi connectivity index (χ0) is 12.9. The first-order valence-corrected chi connectivity index (χ1v) is 7.67. The van der Waals surface area contributed by atoms with Crippen molar-refractivity contribution in [3.63, 3.8) is 0 Å². The van der Waals surface area contributed by atoms with E-state index in [4.69, 9.17) is 5.11 Å². The van der Waals surface area contributed by atoms with E-state index in [9.17, 15) is 8.42 Å². The third kappa shape index (κ3) is 3.99. The molecule has 17 heavy (non-hydrogen) atoms. The van der Waals surface area contributed by atoms with E-state index in [0.29, 0.717) is 4.90 Å². The molecule has 0 amide bonds. The highest BCUT2D eigenvalue weighted by molar-refractivity contribution is 7.99. The molecule has 0 atom stereocenters. The number of hydrogen-bond donors (Lipinski definition) is 1. The molecule has 1 aromatic carbocycles. The maximum atomic E-state index is 11.8. The first kappa shape index (κ1) is 14.5. The zero-order valence-corrected chi connectivity index (χ0v) is 11.6. The van der Waals surface area contributed by atoms with E-state index in [2.05, 4.69) is 0 Å². The van der Waals surface area contributed by atoms with Crippen molar-refractivity contribution in [1.29, 1.82) is 0 Å². The molecule has 0 unspecified atom stereocenters. The van der Waals surface area contributed by atoms with Crippen LogP contribution in [0.1, 0.15) is 6.42 Å². The van der Waals surface area contributed by atoms with Crippen molar-refractivity contribution < 1.29 is 13.5 Å². The Morgan fingerprint density at radius 1 is 1.24 bits per heavy atom. The molecule has 1 aromatic rings. The minimum atomic E-state index is -3.33. The smallest absolute Gasteiger partial charge is 0.242 e. The number of aliphatic hydroxyl groups is 1. The van der Waals surface area contributed by atoms with Crippen molar-refractivity contribution >= 4 is 21.8 Å². The Balaban J connectivity index is 2.75. The largest absolute Gasteiger partial charge is 0.396 e. The third-order valence-electron chi connectivity index (χ3n) is 2.17. The molecule has 6 heteroatoms. The average Bonchev–Trinajstić information content (AvgIpc) is 2.30. The van der Waals surface area contributed by atoms with Crippen molar-refractivity contribution in [1.82, 2.24) is 4.31 Å². The quantitative estimate of drug-likeness (QED) is 0.630. The van der Waals surface area contributed by atoms with Crippen LogP contribution in [0.15, 0.2) is 34.1 Å². The van der Waals surface area contributed by atoms with Crippen molar-refractivity contribution in [2.45, 2.75) is 16.2 Å². The highest BCUT2D eigenvalue weighted by Gasteiger charge is 2.16. The van der Waals surface area contributed by atoms with Crippen LogP contribution in [0.4, 0.5) is 0 Å². The van der Waals surface area contributed by atoms with Crippen LogP contribution in [-0.2, 0) is 10.0 Å². The lowest BCUT2D eigenvalue weighted by atomic mass is 10.4. The molecular weight excluding hydrogens is 258 g/mol. The van der Waals surface area contributed by atoms with Crippen molar-refractivity contribution in [3.05, 3.63) is 24.3 Å². The van der Waals surface area contributed by atoms with Crippen LogP contribution in [-0.4, -0.2) is 44.3 Å². The number of nitrogens with zero attached hydrogens (tertiary/aromatic N) is 1. The van der Waals surface area contributed by atoms with E-state index >= 15 is 0 Å². The van der Waals surface area contributed by atoms with Crippen molar-refractivity contribution in [3.8, 4) is 0 Å². The molecule has 0 saturated heterocycles. The molecule has 0 heterocycles. The second-order valence-corrected chi connectivity index (χ2v) is 7.00. The van der Waals surface area contributed by atoms with Crippen molar-refractivity contribution in [2.75, 3.05) is 26.5 Å². The predicted molar refractivity (Wildman–Crippen MR) is 69.7 cm³/mol. The summed E-state index contributed by atoms with van der Waals surface area (Å²) in [6.07, 6.45) is 0.739. The molecule has 0 aliphatic carbocycles. The lowest BCUT2D eigenvalue weighted by Crippen LogP contribution is -2.22. The maximum Gasteiger partial charge on any atom is 0.242 e. The van der Waals surface area contributed by atoms with Crippen LogP contribution < -0.4 is 0 Å². The zero-order valence-electron chi connectivity index (χ0n) is 9.96. The fourth-order valence-electron chi connectivity index (χ4n) is 1.17. The number of rotatable bonds is 6. The van der Waals surface area contributed by atoms with Crippen LogP contribution in [0.5, 0.6) is 0 Å². The molecule has 0 radical (unpaired) electrons. The summed E-state index contributed by atoms with van der Waals surface area (Å²) in [5, 5.41) is 8.66. The van der Waals surface area contributed by atoms with Gasteiger partial charge in [0, 0.05) is 31.4 Å². The molecule has 0 bridgehead atoms. The summed E-state index contributed by atoms with van der Waals surface area (Å²) in [7, 11) is -0.308. The molecule has 0 aliphatic heterocycles. The van der Waals surface area contributed by atoms with Crippen LogP contribution in [0, 0.1) is 0 Å². The van der Waals surface area contributed by atoms with Gasteiger partial charge in [0.1, 0.15) is 0 Å². The fraction of sp³-hybridized carbons (Fsp3) is 0.455. The number of aliphatic hydroxyl groups excluding tert-OH is 1. The molecule has 1 rings (SSSR count). The Kier molecular flexibility index (Phi) is 5.45. The van der Waals surface area contributed by atoms with Gasteiger partial charge in [0.15, 0.2) is 0 Å². The Hall–Kier alpha value is -0.560. The van der Waals surface area contributed by atoms with Crippen LogP contribution in [0.25, 0.3) is 0 Å². The lowest BCUT2D eigenvalue weighted by molar-refractivity contribution is 0.296. The van der Waals surface area contributed by atoms with E-state index in [0.717, 1.165) is 17.1 Å². The van der Waals surface area contributed by atoms with Gasteiger partial charge in [0.25, 0.3) is 0 Å². The minimum Gasteiger partial charge on any atom is -0.396 e. The van der Waals surface area contributed by atoms with Gasteiger partial charge in [-0.25, -0.2) is 12.7 Å². The van der Waals surface area contributed by atoms with Crippen molar-refractivity contribution in [2.24, 2.45) is 0 Å². The highest BCUT2D eigenvalue weighted by atomic mass is 32.2. The molecule has 0 aliphatic rings. The normalized spacial score (nSPS) is 12.0. The summed E-state index contributed by atoms with van der Waals surface area (Å²) in [5.74, 6) is 0.830. The Morgan fingerprint density at radius 3 is 2.29 bits per heavy atom. The third-order valence-corrected chi connectivity index (χ3v) is 5.10. The molecule has 0 spiro atoms. The summed E-state index contributed by atoms with van der Waals surface area (Å²) in [4.78, 5) is 1.31. The van der Waals surface area contributed by atoms with Gasteiger partial charge >= 0.3 is 0 Å². The van der Waals surface area contributed by atoms with Crippen LogP contribution >= 0.6 is 11.8 Å². The second-order valence-electron chi connectivity index (χ2n) is 3.68. The molecule has 4 nitrogen and oxygen atoms in total. The van der Waals surface area contributed by atoms with Crippen LogP contribution in [0.3, 0.4) is 0 Å². The number of thioether (sulfide) groups is 1. The molecular formula is C11H17NO3S2. The summed E-state index contributed by atoms with van der Waals surface area (Å²) < 4.78 is 24.8. The molecule has 0 saturated carbocycles. The molecule has 0 aromatic heterocycles. The average molecular weight is 275 g/mol. The maximum absolute atomic E-state index is 11.8. The lowest BCUT2D eigenvalue weighted by Gasteiger charge is -2.11. The summed E-state index contributed by atoms with van der Waals surface area (Å²) in [6.45, 7) is 0.181. The monoisotopic (exact) mass is 275 g/mol. The van der Waals surface area contributed by atoms with Gasteiger partial charge in [-0.2, -0.15) is 0 Å². The summed E-state index contributed by atoms with van der Waals surface area (Å²) >= 11 is 1.60. The minimum absolute atomic E-state index is 0.181. The summed E-state index contributed by atoms with van der Waals surface area (Å²) in [5.41, 5.74) is 0. The number of sulfonamides is 1. The van der Waals surface area contributed by atoms with Gasteiger partial charge in [0.05, 0.1) is 4.90 Å². The Labute approximate surface area is 107 Å².